The van der Waals surface area contributed by atoms with E-state index in [1.807, 2.05) is 0 Å². The highest BCUT2D eigenvalue weighted by Gasteiger charge is 2.26. The second-order valence-electron chi connectivity index (χ2n) is 7.11. The summed E-state index contributed by atoms with van der Waals surface area (Å²) in [5.74, 6) is -2.01. The fourth-order valence-corrected chi connectivity index (χ4v) is 2.94. The van der Waals surface area contributed by atoms with Crippen molar-refractivity contribution in [2.24, 2.45) is 0 Å². The van der Waals surface area contributed by atoms with Crippen molar-refractivity contribution in [3.8, 4) is 0 Å². The molecule has 9 heteroatoms. The zero-order valence-corrected chi connectivity index (χ0v) is 17.2. The number of hydrogen-bond donors (Lipinski definition) is 1. The first-order valence-electron chi connectivity index (χ1n) is 9.68. The molecule has 2 aromatic carbocycles. The van der Waals surface area contributed by atoms with Crippen molar-refractivity contribution in [3.63, 3.8) is 0 Å². The van der Waals surface area contributed by atoms with Crippen LogP contribution in [0.15, 0.2) is 48.5 Å². The first-order chi connectivity index (χ1) is 14.7. The first-order valence-corrected chi connectivity index (χ1v) is 9.68. The summed E-state index contributed by atoms with van der Waals surface area (Å²) in [4.78, 5) is 47.6. The number of rotatable bonds is 10. The van der Waals surface area contributed by atoms with E-state index in [1.165, 1.54) is 30.3 Å². The van der Waals surface area contributed by atoms with Crippen molar-refractivity contribution >= 4 is 23.3 Å². The van der Waals surface area contributed by atoms with Gasteiger partial charge in [0.15, 0.2) is 5.78 Å². The molecule has 1 amide bonds. The lowest BCUT2D eigenvalue weighted by molar-refractivity contribution is -0.385. The van der Waals surface area contributed by atoms with Gasteiger partial charge in [0.2, 0.25) is 5.91 Å². The Morgan fingerprint density at radius 3 is 2.32 bits per heavy atom. The number of nitro benzene ring substituents is 1. The Bertz CT molecular complexity index is 959. The summed E-state index contributed by atoms with van der Waals surface area (Å²) >= 11 is 0. The number of para-hydroxylation sites is 1. The molecule has 0 aliphatic carbocycles. The molecular formula is C22H23FN2O6. The molecule has 1 unspecified atom stereocenters. The number of Topliss-reactive ketones (excluding diaryl/α,β-unsaturated/α-hetero) is 1. The third-order valence-corrected chi connectivity index (χ3v) is 4.33. The predicted molar refractivity (Wildman–Crippen MR) is 110 cm³/mol. The first kappa shape index (κ1) is 23.7. The zero-order valence-electron chi connectivity index (χ0n) is 17.2. The Morgan fingerprint density at radius 1 is 1.06 bits per heavy atom. The molecule has 0 aromatic heterocycles. The summed E-state index contributed by atoms with van der Waals surface area (Å²) < 4.78 is 18.1. The lowest BCUT2D eigenvalue weighted by atomic mass is 10.0. The van der Waals surface area contributed by atoms with Gasteiger partial charge in [-0.2, -0.15) is 0 Å². The van der Waals surface area contributed by atoms with Gasteiger partial charge < -0.3 is 10.1 Å². The van der Waals surface area contributed by atoms with Gasteiger partial charge in [0.1, 0.15) is 5.82 Å². The molecule has 0 heterocycles. The van der Waals surface area contributed by atoms with E-state index in [9.17, 15) is 28.9 Å². The Labute approximate surface area is 178 Å². The van der Waals surface area contributed by atoms with E-state index >= 15 is 0 Å². The number of ketones is 1. The highest BCUT2D eigenvalue weighted by molar-refractivity contribution is 5.98. The minimum atomic E-state index is -0.999. The maximum absolute atomic E-state index is 13.0. The number of esters is 1. The number of nitrogens with zero attached hydrogens (tertiary/aromatic N) is 1. The van der Waals surface area contributed by atoms with Crippen molar-refractivity contribution in [2.75, 3.05) is 0 Å². The van der Waals surface area contributed by atoms with Crippen molar-refractivity contribution < 1.29 is 28.4 Å². The van der Waals surface area contributed by atoms with Crippen molar-refractivity contribution in [1.82, 2.24) is 5.32 Å². The SMILES string of the molecule is CC(C)OC(=O)CC(NC(=O)CCC(=O)c1ccc(F)cc1)c1ccccc1[N+](=O)[O-]. The second-order valence-corrected chi connectivity index (χ2v) is 7.11. The minimum absolute atomic E-state index is 0.141. The van der Waals surface area contributed by atoms with Crippen LogP contribution >= 0.6 is 0 Å². The topological polar surface area (TPSA) is 116 Å². The van der Waals surface area contributed by atoms with E-state index in [0.717, 1.165) is 12.1 Å². The minimum Gasteiger partial charge on any atom is -0.463 e. The largest absolute Gasteiger partial charge is 0.463 e. The molecule has 31 heavy (non-hydrogen) atoms. The van der Waals surface area contributed by atoms with Crippen LogP contribution in [0.4, 0.5) is 10.1 Å². The second kappa shape index (κ2) is 11.0. The van der Waals surface area contributed by atoms with Gasteiger partial charge >= 0.3 is 5.97 Å². The normalized spacial score (nSPS) is 11.6. The van der Waals surface area contributed by atoms with Gasteiger partial charge in [0.25, 0.3) is 5.69 Å². The number of benzene rings is 2. The number of hydrogen-bond acceptors (Lipinski definition) is 6. The lowest BCUT2D eigenvalue weighted by Gasteiger charge is -2.19. The smallest absolute Gasteiger partial charge is 0.308 e. The van der Waals surface area contributed by atoms with Gasteiger partial charge in [0.05, 0.1) is 29.1 Å². The molecule has 0 saturated carbocycles. The van der Waals surface area contributed by atoms with Gasteiger partial charge in [0, 0.05) is 24.5 Å². The molecule has 0 radical (unpaired) electrons. The molecule has 0 bridgehead atoms. The van der Waals surface area contributed by atoms with Crippen molar-refractivity contribution in [2.45, 2.75) is 45.3 Å². The molecule has 1 N–H and O–H groups in total. The molecule has 0 aliphatic heterocycles. The molecule has 1 atom stereocenters. The third-order valence-electron chi connectivity index (χ3n) is 4.33. The van der Waals surface area contributed by atoms with Crippen LogP contribution in [0.5, 0.6) is 0 Å². The number of ether oxygens (including phenoxy) is 1. The maximum atomic E-state index is 13.0. The molecule has 8 nitrogen and oxygen atoms in total. The highest BCUT2D eigenvalue weighted by atomic mass is 19.1. The van der Waals surface area contributed by atoms with Gasteiger partial charge in [-0.15, -0.1) is 0 Å². The van der Waals surface area contributed by atoms with Crippen LogP contribution < -0.4 is 5.32 Å². The summed E-state index contributed by atoms with van der Waals surface area (Å²) in [7, 11) is 0. The molecule has 2 rings (SSSR count). The fourth-order valence-electron chi connectivity index (χ4n) is 2.94. The predicted octanol–water partition coefficient (Wildman–Crippen LogP) is 3.90. The van der Waals surface area contributed by atoms with Gasteiger partial charge in [-0.05, 0) is 38.1 Å². The summed E-state index contributed by atoms with van der Waals surface area (Å²) in [6.45, 7) is 3.33. The Morgan fingerprint density at radius 2 is 1.71 bits per heavy atom. The van der Waals surface area contributed by atoms with Crippen LogP contribution in [0.25, 0.3) is 0 Å². The van der Waals surface area contributed by atoms with E-state index in [0.29, 0.717) is 0 Å². The van der Waals surface area contributed by atoms with Crippen LogP contribution in [-0.2, 0) is 14.3 Å². The van der Waals surface area contributed by atoms with Crippen LogP contribution in [0.1, 0.15) is 55.1 Å². The molecule has 164 valence electrons. The van der Waals surface area contributed by atoms with E-state index < -0.39 is 28.7 Å². The average Bonchev–Trinajstić information content (AvgIpc) is 2.71. The van der Waals surface area contributed by atoms with E-state index in [1.54, 1.807) is 19.9 Å². The third kappa shape index (κ3) is 7.29. The highest BCUT2D eigenvalue weighted by Crippen LogP contribution is 2.27. The summed E-state index contributed by atoms with van der Waals surface area (Å²) in [6, 6.07) is 9.73. The van der Waals surface area contributed by atoms with Crippen molar-refractivity contribution in [1.29, 1.82) is 0 Å². The number of carbonyl (C=O) groups is 3. The molecule has 0 saturated heterocycles. The van der Waals surface area contributed by atoms with Crippen LogP contribution in [0, 0.1) is 15.9 Å². The molecule has 0 fully saturated rings. The van der Waals surface area contributed by atoms with E-state index in [4.69, 9.17) is 4.74 Å². The summed E-state index contributed by atoms with van der Waals surface area (Å²) in [5, 5.41) is 14.0. The van der Waals surface area contributed by atoms with Gasteiger partial charge in [-0.3, -0.25) is 24.5 Å². The monoisotopic (exact) mass is 430 g/mol. The lowest BCUT2D eigenvalue weighted by Crippen LogP contribution is -2.31. The fraction of sp³-hybridized carbons (Fsp3) is 0.318. The number of nitro groups is 1. The van der Waals surface area contributed by atoms with E-state index in [-0.39, 0.29) is 48.0 Å². The van der Waals surface area contributed by atoms with Gasteiger partial charge in [-0.1, -0.05) is 18.2 Å². The number of halogens is 1. The summed E-state index contributed by atoms with van der Waals surface area (Å²) in [6.07, 6.45) is -1.03. The van der Waals surface area contributed by atoms with Crippen LogP contribution in [-0.4, -0.2) is 28.7 Å². The van der Waals surface area contributed by atoms with Crippen molar-refractivity contribution in [3.05, 3.63) is 75.6 Å². The molecule has 0 aliphatic rings. The summed E-state index contributed by atoms with van der Waals surface area (Å²) in [5.41, 5.74) is 0.184. The van der Waals surface area contributed by atoms with Crippen LogP contribution in [0.2, 0.25) is 0 Å². The van der Waals surface area contributed by atoms with Gasteiger partial charge in [-0.25, -0.2) is 4.39 Å². The molecular weight excluding hydrogens is 407 g/mol. The average molecular weight is 430 g/mol. The number of nitrogens with one attached hydrogen (secondary N) is 1. The Kier molecular flexibility index (Phi) is 8.36. The Balaban J connectivity index is 2.12. The standard InChI is InChI=1S/C22H23FN2O6/c1-14(2)31-22(28)13-18(17-5-3-4-6-19(17)25(29)30)24-21(27)12-11-20(26)15-7-9-16(23)10-8-15/h3-10,14,18H,11-13H2,1-2H3,(H,24,27). The quantitative estimate of drug-likeness (QED) is 0.265. The Hall–Kier alpha value is -3.62. The number of amides is 1. The maximum Gasteiger partial charge on any atom is 0.308 e. The molecule has 2 aromatic rings. The molecule has 0 spiro atoms. The van der Waals surface area contributed by atoms with Crippen LogP contribution in [0.3, 0.4) is 0 Å². The zero-order chi connectivity index (χ0) is 23.0. The van der Waals surface area contributed by atoms with E-state index in [2.05, 4.69) is 5.32 Å². The number of carbonyl (C=O) groups excluding carboxylic acids is 3.